The van der Waals surface area contributed by atoms with Crippen LogP contribution in [0.15, 0.2) is 0 Å². The number of rotatable bonds is 4. The van der Waals surface area contributed by atoms with Gasteiger partial charge in [0.2, 0.25) is 0 Å². The van der Waals surface area contributed by atoms with E-state index in [1.165, 1.54) is 6.92 Å². The largest absolute Gasteiger partial charge is 0.390 e. The van der Waals surface area contributed by atoms with Crippen LogP contribution in [0.4, 0.5) is 0 Å². The molecular weight excluding hydrogens is 256 g/mol. The van der Waals surface area contributed by atoms with E-state index in [2.05, 4.69) is 15.9 Å². The zero-order valence-corrected chi connectivity index (χ0v) is 10.2. The molecular formula is C8H15BrO3S. The van der Waals surface area contributed by atoms with Crippen molar-refractivity contribution in [1.82, 2.24) is 0 Å². The van der Waals surface area contributed by atoms with Crippen molar-refractivity contribution in [2.24, 2.45) is 5.92 Å². The molecule has 1 rings (SSSR count). The lowest BCUT2D eigenvalue weighted by atomic mass is 10.2. The molecule has 1 fully saturated rings. The molecule has 0 radical (unpaired) electrons. The minimum Gasteiger partial charge on any atom is -0.390 e. The summed E-state index contributed by atoms with van der Waals surface area (Å²) in [6.07, 6.45) is 1.08. The molecule has 0 aromatic carbocycles. The van der Waals surface area contributed by atoms with E-state index in [9.17, 15) is 13.5 Å². The van der Waals surface area contributed by atoms with E-state index < -0.39 is 19.6 Å². The Morgan fingerprint density at radius 2 is 2.08 bits per heavy atom. The Kier molecular flexibility index (Phi) is 3.10. The first-order valence-electron chi connectivity index (χ1n) is 4.42. The SMILES string of the molecule is CCS(=O)(=O)[C@](C)(Br)[C@H](O)C1CC1. The average Bonchev–Trinajstić information content (AvgIpc) is 2.85. The van der Waals surface area contributed by atoms with Gasteiger partial charge in [0.05, 0.1) is 6.10 Å². The molecule has 2 atom stereocenters. The second kappa shape index (κ2) is 3.51. The predicted molar refractivity (Wildman–Crippen MR) is 55.5 cm³/mol. The standard InChI is InChI=1S/C8H15BrO3S/c1-3-13(11,12)8(2,9)7(10)6-4-5-6/h6-7,10H,3-5H2,1-2H3/t7-,8+/m1/s1. The van der Waals surface area contributed by atoms with Gasteiger partial charge in [0, 0.05) is 5.75 Å². The highest BCUT2D eigenvalue weighted by Crippen LogP contribution is 2.43. The molecule has 0 aromatic heterocycles. The van der Waals surface area contributed by atoms with Crippen LogP contribution < -0.4 is 0 Å². The number of aliphatic hydroxyl groups is 1. The highest BCUT2D eigenvalue weighted by molar-refractivity contribution is 9.11. The molecule has 1 aliphatic rings. The molecule has 3 nitrogen and oxygen atoms in total. The third-order valence-electron chi connectivity index (χ3n) is 2.58. The Balaban J connectivity index is 2.85. The number of aliphatic hydroxyl groups excluding tert-OH is 1. The van der Waals surface area contributed by atoms with Gasteiger partial charge in [-0.15, -0.1) is 0 Å². The van der Waals surface area contributed by atoms with Gasteiger partial charge in [-0.1, -0.05) is 22.9 Å². The summed E-state index contributed by atoms with van der Waals surface area (Å²) in [6, 6.07) is 0. The molecule has 0 unspecified atom stereocenters. The molecule has 1 aliphatic carbocycles. The Labute approximate surface area is 87.6 Å². The summed E-state index contributed by atoms with van der Waals surface area (Å²) in [5.74, 6) is 0.212. The Morgan fingerprint density at radius 3 is 2.38 bits per heavy atom. The minimum absolute atomic E-state index is 0.0541. The predicted octanol–water partition coefficient (Wildman–Crippen LogP) is 1.30. The van der Waals surface area contributed by atoms with Crippen molar-refractivity contribution in [3.8, 4) is 0 Å². The molecule has 5 heteroatoms. The first-order valence-corrected chi connectivity index (χ1v) is 6.86. The number of halogens is 1. The lowest BCUT2D eigenvalue weighted by Crippen LogP contribution is -2.43. The quantitative estimate of drug-likeness (QED) is 0.784. The summed E-state index contributed by atoms with van der Waals surface area (Å²) in [7, 11) is -3.24. The Bertz CT molecular complexity index is 280. The zero-order chi connectivity index (χ0) is 10.3. The van der Waals surface area contributed by atoms with E-state index >= 15 is 0 Å². The van der Waals surface area contributed by atoms with E-state index in [4.69, 9.17) is 0 Å². The molecule has 0 aliphatic heterocycles. The van der Waals surface area contributed by atoms with Gasteiger partial charge in [-0.3, -0.25) is 0 Å². The number of alkyl halides is 1. The van der Waals surface area contributed by atoms with Gasteiger partial charge in [-0.05, 0) is 25.7 Å². The first-order chi connectivity index (χ1) is 5.83. The van der Waals surface area contributed by atoms with Gasteiger partial charge in [0.1, 0.15) is 3.66 Å². The Morgan fingerprint density at radius 1 is 1.62 bits per heavy atom. The normalized spacial score (nSPS) is 25.2. The molecule has 0 heterocycles. The van der Waals surface area contributed by atoms with Gasteiger partial charge in [0.25, 0.3) is 0 Å². The molecule has 0 amide bonds. The highest BCUT2D eigenvalue weighted by atomic mass is 79.9. The third kappa shape index (κ3) is 2.07. The average molecular weight is 271 g/mol. The fourth-order valence-corrected chi connectivity index (χ4v) is 3.48. The molecule has 1 N–H and O–H groups in total. The second-order valence-corrected chi connectivity index (χ2v) is 8.50. The summed E-state index contributed by atoms with van der Waals surface area (Å²) in [5, 5.41) is 9.76. The molecule has 78 valence electrons. The fraction of sp³-hybridized carbons (Fsp3) is 1.00. The van der Waals surface area contributed by atoms with E-state index in [1.54, 1.807) is 6.92 Å². The summed E-state index contributed by atoms with van der Waals surface area (Å²) in [4.78, 5) is 0. The maximum Gasteiger partial charge on any atom is 0.167 e. The minimum atomic E-state index is -3.24. The van der Waals surface area contributed by atoms with Crippen LogP contribution in [0.3, 0.4) is 0 Å². The van der Waals surface area contributed by atoms with Crippen LogP contribution >= 0.6 is 15.9 Å². The van der Waals surface area contributed by atoms with Crippen molar-refractivity contribution in [1.29, 1.82) is 0 Å². The van der Waals surface area contributed by atoms with Gasteiger partial charge in [-0.2, -0.15) is 0 Å². The summed E-state index contributed by atoms with van der Waals surface area (Å²) in [6.45, 7) is 3.13. The van der Waals surface area contributed by atoms with Crippen LogP contribution in [0.2, 0.25) is 0 Å². The monoisotopic (exact) mass is 270 g/mol. The number of hydrogen-bond donors (Lipinski definition) is 1. The van der Waals surface area contributed by atoms with Crippen LogP contribution in [0, 0.1) is 5.92 Å². The van der Waals surface area contributed by atoms with Gasteiger partial charge < -0.3 is 5.11 Å². The van der Waals surface area contributed by atoms with Crippen molar-refractivity contribution in [2.75, 3.05) is 5.75 Å². The van der Waals surface area contributed by atoms with Crippen LogP contribution in [-0.4, -0.2) is 29.0 Å². The molecule has 0 aromatic rings. The Hall–Kier alpha value is 0.390. The van der Waals surface area contributed by atoms with E-state index in [0.717, 1.165) is 12.8 Å². The van der Waals surface area contributed by atoms with Crippen molar-refractivity contribution in [2.45, 2.75) is 36.4 Å². The van der Waals surface area contributed by atoms with Gasteiger partial charge in [-0.25, -0.2) is 8.42 Å². The van der Waals surface area contributed by atoms with Crippen molar-refractivity contribution in [3.63, 3.8) is 0 Å². The van der Waals surface area contributed by atoms with Gasteiger partial charge >= 0.3 is 0 Å². The number of hydrogen-bond acceptors (Lipinski definition) is 3. The topological polar surface area (TPSA) is 54.4 Å². The smallest absolute Gasteiger partial charge is 0.167 e. The summed E-state index contributed by atoms with van der Waals surface area (Å²) in [5.41, 5.74) is 0. The van der Waals surface area contributed by atoms with Crippen molar-refractivity contribution in [3.05, 3.63) is 0 Å². The molecule has 0 saturated heterocycles. The van der Waals surface area contributed by atoms with E-state index in [0.29, 0.717) is 0 Å². The van der Waals surface area contributed by atoms with E-state index in [1.807, 2.05) is 0 Å². The number of sulfone groups is 1. The van der Waals surface area contributed by atoms with Crippen LogP contribution in [0.25, 0.3) is 0 Å². The third-order valence-corrected chi connectivity index (χ3v) is 6.75. The lowest BCUT2D eigenvalue weighted by molar-refractivity contribution is 0.141. The van der Waals surface area contributed by atoms with Crippen molar-refractivity contribution >= 4 is 25.8 Å². The molecule has 1 saturated carbocycles. The van der Waals surface area contributed by atoms with Gasteiger partial charge in [0.15, 0.2) is 9.84 Å². The zero-order valence-electron chi connectivity index (χ0n) is 7.83. The summed E-state index contributed by atoms with van der Waals surface area (Å²) >= 11 is 3.13. The molecule has 0 bridgehead atoms. The first kappa shape index (κ1) is 11.5. The fourth-order valence-electron chi connectivity index (χ4n) is 1.30. The van der Waals surface area contributed by atoms with Crippen LogP contribution in [0.1, 0.15) is 26.7 Å². The second-order valence-electron chi connectivity index (χ2n) is 3.67. The van der Waals surface area contributed by atoms with Crippen molar-refractivity contribution < 1.29 is 13.5 Å². The summed E-state index contributed by atoms with van der Waals surface area (Å²) < 4.78 is 22.0. The molecule has 13 heavy (non-hydrogen) atoms. The van der Waals surface area contributed by atoms with E-state index in [-0.39, 0.29) is 11.7 Å². The van der Waals surface area contributed by atoms with Crippen LogP contribution in [-0.2, 0) is 9.84 Å². The highest BCUT2D eigenvalue weighted by Gasteiger charge is 2.48. The maximum atomic E-state index is 11.6. The van der Waals surface area contributed by atoms with Crippen LogP contribution in [0.5, 0.6) is 0 Å². The molecule has 0 spiro atoms. The maximum absolute atomic E-state index is 11.6. The lowest BCUT2D eigenvalue weighted by Gasteiger charge is -2.27.